The number of hydrogen-bond acceptors (Lipinski definition) is 9. The monoisotopic (exact) mass is 569 g/mol. The Hall–Kier alpha value is -4.32. The van der Waals surface area contributed by atoms with Crippen molar-refractivity contribution in [2.24, 2.45) is 0 Å². The molecule has 4 aromatic rings. The molecule has 1 N–H and O–H groups in total. The van der Waals surface area contributed by atoms with Gasteiger partial charge in [0.05, 0.1) is 20.0 Å². The van der Waals surface area contributed by atoms with Crippen LogP contribution in [0.1, 0.15) is 23.6 Å². The molecule has 210 valence electrons. The fourth-order valence-corrected chi connectivity index (χ4v) is 5.14. The number of oxazole rings is 1. The highest BCUT2D eigenvalue weighted by molar-refractivity contribution is 7.90. The van der Waals surface area contributed by atoms with Crippen molar-refractivity contribution >= 4 is 33.0 Å². The van der Waals surface area contributed by atoms with Crippen LogP contribution in [0.2, 0.25) is 0 Å². The molecule has 40 heavy (non-hydrogen) atoms. The quantitative estimate of drug-likeness (QED) is 0.319. The van der Waals surface area contributed by atoms with Crippen LogP contribution in [0.3, 0.4) is 0 Å². The number of aromatic nitrogens is 1. The standard InChI is InChI=1S/C28H28FN3O7S/c1-4-40(34,35)31-27(33)23-14-21-18(15-32(23)28-30-22-11-8-19(29)13-25(22)39-28)7-12-24(37-3)26(21)38-16-17-5-9-20(36-2)10-6-17/h5-13,23H,4,14-16H2,1-3H3,(H,31,33)/t23-/m0/s1. The van der Waals surface area contributed by atoms with Gasteiger partial charge >= 0.3 is 0 Å². The molecular weight excluding hydrogens is 541 g/mol. The molecule has 0 unspecified atom stereocenters. The lowest BCUT2D eigenvalue weighted by Gasteiger charge is -2.35. The van der Waals surface area contributed by atoms with Gasteiger partial charge in [-0.15, -0.1) is 0 Å². The largest absolute Gasteiger partial charge is 0.497 e. The Labute approximate surface area is 230 Å². The first-order valence-electron chi connectivity index (χ1n) is 12.5. The molecule has 12 heteroatoms. The highest BCUT2D eigenvalue weighted by atomic mass is 32.2. The van der Waals surface area contributed by atoms with Crippen LogP contribution in [0.25, 0.3) is 11.1 Å². The van der Waals surface area contributed by atoms with Crippen molar-refractivity contribution in [1.29, 1.82) is 0 Å². The molecule has 1 atom stereocenters. The van der Waals surface area contributed by atoms with E-state index in [0.717, 1.165) is 16.9 Å². The fraction of sp³-hybridized carbons (Fsp3) is 0.286. The Balaban J connectivity index is 1.53. The lowest BCUT2D eigenvalue weighted by Crippen LogP contribution is -2.52. The van der Waals surface area contributed by atoms with E-state index in [1.165, 1.54) is 32.2 Å². The predicted molar refractivity (Wildman–Crippen MR) is 146 cm³/mol. The average Bonchev–Trinajstić information content (AvgIpc) is 3.38. The molecule has 1 aliphatic rings. The molecule has 0 saturated heterocycles. The molecule has 10 nitrogen and oxygen atoms in total. The minimum absolute atomic E-state index is 0.0665. The second-order valence-corrected chi connectivity index (χ2v) is 11.2. The number of methoxy groups -OCH3 is 2. The van der Waals surface area contributed by atoms with Gasteiger partial charge in [-0.3, -0.25) is 9.52 Å². The predicted octanol–water partition coefficient (Wildman–Crippen LogP) is 3.96. The van der Waals surface area contributed by atoms with Crippen molar-refractivity contribution in [3.05, 3.63) is 77.1 Å². The highest BCUT2D eigenvalue weighted by Crippen LogP contribution is 2.40. The van der Waals surface area contributed by atoms with Crippen molar-refractivity contribution in [2.45, 2.75) is 32.5 Å². The van der Waals surface area contributed by atoms with Gasteiger partial charge in [0.2, 0.25) is 10.0 Å². The van der Waals surface area contributed by atoms with Crippen LogP contribution < -0.4 is 23.8 Å². The van der Waals surface area contributed by atoms with Crippen molar-refractivity contribution in [3.63, 3.8) is 0 Å². The van der Waals surface area contributed by atoms with Crippen LogP contribution in [0, 0.1) is 5.82 Å². The summed E-state index contributed by atoms with van der Waals surface area (Å²) in [7, 11) is -0.738. The van der Waals surface area contributed by atoms with Crippen LogP contribution in [0.15, 0.2) is 59.0 Å². The number of ether oxygens (including phenoxy) is 3. The van der Waals surface area contributed by atoms with E-state index in [1.807, 2.05) is 30.3 Å². The Morgan fingerprint density at radius 2 is 1.90 bits per heavy atom. The topological polar surface area (TPSA) is 120 Å². The van der Waals surface area contributed by atoms with Crippen LogP contribution in [0.5, 0.6) is 17.2 Å². The van der Waals surface area contributed by atoms with Crippen LogP contribution in [-0.2, 0) is 34.4 Å². The number of carbonyl (C=O) groups is 1. The molecule has 0 saturated carbocycles. The number of nitrogens with zero attached hydrogens (tertiary/aromatic N) is 2. The third-order valence-corrected chi connectivity index (χ3v) is 7.99. The first kappa shape index (κ1) is 27.3. The number of fused-ring (bicyclic) bond motifs is 2. The molecule has 0 spiro atoms. The summed E-state index contributed by atoms with van der Waals surface area (Å²) in [5, 5.41) is 0. The molecule has 1 aliphatic heterocycles. The number of benzene rings is 3. The fourth-order valence-electron chi connectivity index (χ4n) is 4.55. The van der Waals surface area contributed by atoms with Gasteiger partial charge < -0.3 is 23.5 Å². The Kier molecular flexibility index (Phi) is 7.53. The zero-order valence-corrected chi connectivity index (χ0v) is 23.0. The van der Waals surface area contributed by atoms with Gasteiger partial charge in [-0.1, -0.05) is 18.2 Å². The number of hydrogen-bond donors (Lipinski definition) is 1. The summed E-state index contributed by atoms with van der Waals surface area (Å²) in [5.41, 5.74) is 3.00. The van der Waals surface area contributed by atoms with Gasteiger partial charge in [-0.2, -0.15) is 4.98 Å². The third kappa shape index (κ3) is 5.53. The Morgan fingerprint density at radius 3 is 2.60 bits per heavy atom. The summed E-state index contributed by atoms with van der Waals surface area (Å²) in [6, 6.07) is 14.0. The molecule has 5 rings (SSSR count). The maximum absolute atomic E-state index is 13.8. The van der Waals surface area contributed by atoms with Crippen molar-refractivity contribution in [2.75, 3.05) is 24.9 Å². The van der Waals surface area contributed by atoms with E-state index in [-0.39, 0.29) is 36.9 Å². The van der Waals surface area contributed by atoms with Gasteiger partial charge in [0.25, 0.3) is 11.9 Å². The normalized spacial score (nSPS) is 15.0. The SMILES string of the molecule is CCS(=O)(=O)NC(=O)[C@@H]1Cc2c(ccc(OC)c2OCc2ccc(OC)cc2)CN1c1nc2ccc(F)cc2o1. The lowest BCUT2D eigenvalue weighted by molar-refractivity contribution is -0.120. The van der Waals surface area contributed by atoms with Crippen molar-refractivity contribution < 1.29 is 36.2 Å². The maximum Gasteiger partial charge on any atom is 0.299 e. The molecule has 1 aromatic heterocycles. The highest BCUT2D eigenvalue weighted by Gasteiger charge is 2.38. The Bertz CT molecular complexity index is 1650. The number of carbonyl (C=O) groups excluding carboxylic acids is 1. The smallest absolute Gasteiger partial charge is 0.299 e. The summed E-state index contributed by atoms with van der Waals surface area (Å²) >= 11 is 0. The molecular formula is C28H28FN3O7S. The number of rotatable bonds is 9. The van der Waals surface area contributed by atoms with Crippen molar-refractivity contribution in [1.82, 2.24) is 9.71 Å². The molecule has 1 amide bonds. The van der Waals surface area contributed by atoms with Gasteiger partial charge in [-0.25, -0.2) is 12.8 Å². The van der Waals surface area contributed by atoms with E-state index in [0.29, 0.717) is 22.6 Å². The minimum atomic E-state index is -3.85. The molecule has 0 radical (unpaired) electrons. The third-order valence-electron chi connectivity index (χ3n) is 6.72. The summed E-state index contributed by atoms with van der Waals surface area (Å²) in [4.78, 5) is 19.4. The number of sulfonamides is 1. The number of nitrogens with one attached hydrogen (secondary N) is 1. The minimum Gasteiger partial charge on any atom is -0.497 e. The zero-order chi connectivity index (χ0) is 28.4. The van der Waals surface area contributed by atoms with E-state index in [4.69, 9.17) is 18.6 Å². The average molecular weight is 570 g/mol. The van der Waals surface area contributed by atoms with Crippen LogP contribution in [-0.4, -0.2) is 45.3 Å². The number of anilines is 1. The summed E-state index contributed by atoms with van der Waals surface area (Å²) in [6.45, 7) is 1.81. The summed E-state index contributed by atoms with van der Waals surface area (Å²) in [5.74, 6) is 0.132. The second-order valence-electron chi connectivity index (χ2n) is 9.20. The summed E-state index contributed by atoms with van der Waals surface area (Å²) < 4.78 is 63.4. The van der Waals surface area contributed by atoms with E-state index in [9.17, 15) is 17.6 Å². The molecule has 2 heterocycles. The van der Waals surface area contributed by atoms with Gasteiger partial charge in [-0.05, 0) is 48.4 Å². The first-order valence-corrected chi connectivity index (χ1v) is 14.2. The zero-order valence-electron chi connectivity index (χ0n) is 22.1. The molecule has 0 bridgehead atoms. The molecule has 0 aliphatic carbocycles. The Morgan fingerprint density at radius 1 is 1.12 bits per heavy atom. The molecule has 0 fully saturated rings. The number of halogens is 1. The van der Waals surface area contributed by atoms with Crippen molar-refractivity contribution in [3.8, 4) is 17.2 Å². The van der Waals surface area contributed by atoms with E-state index in [1.54, 1.807) is 18.1 Å². The maximum atomic E-state index is 13.8. The summed E-state index contributed by atoms with van der Waals surface area (Å²) in [6.07, 6.45) is 0.0721. The lowest BCUT2D eigenvalue weighted by atomic mass is 9.92. The van der Waals surface area contributed by atoms with Gasteiger partial charge in [0.15, 0.2) is 17.1 Å². The van der Waals surface area contributed by atoms with Crippen LogP contribution in [0.4, 0.5) is 10.4 Å². The number of amides is 1. The molecule has 3 aromatic carbocycles. The first-order chi connectivity index (χ1) is 19.2. The van der Waals surface area contributed by atoms with E-state index < -0.39 is 27.8 Å². The van der Waals surface area contributed by atoms with Gasteiger partial charge in [0, 0.05) is 24.6 Å². The van der Waals surface area contributed by atoms with Gasteiger partial charge in [0.1, 0.15) is 29.7 Å². The second kappa shape index (κ2) is 11.0. The van der Waals surface area contributed by atoms with E-state index in [2.05, 4.69) is 9.71 Å². The van der Waals surface area contributed by atoms with Crippen LogP contribution >= 0.6 is 0 Å². The van der Waals surface area contributed by atoms with E-state index >= 15 is 0 Å².